The van der Waals surface area contributed by atoms with Crippen molar-refractivity contribution in [1.82, 2.24) is 24.6 Å². The number of aromatic amines is 1. The lowest BCUT2D eigenvalue weighted by atomic mass is 9.70. The second-order valence-corrected chi connectivity index (χ2v) is 20.9. The van der Waals surface area contributed by atoms with Gasteiger partial charge in [0.05, 0.1) is 28.5 Å². The highest BCUT2D eigenvalue weighted by atomic mass is 32.2. The van der Waals surface area contributed by atoms with E-state index >= 15 is 0 Å². The quantitative estimate of drug-likeness (QED) is 0.0651. The van der Waals surface area contributed by atoms with Crippen molar-refractivity contribution < 1.29 is 28.0 Å². The molecule has 2 aliphatic heterocycles. The van der Waals surface area contributed by atoms with Crippen LogP contribution in [0.4, 0.5) is 17.2 Å². The number of carbonyl (C=O) groups is 1. The number of fused-ring (bicyclic) bond motifs is 1. The molecular weight excluding hydrogens is 833 g/mol. The first-order valence-corrected chi connectivity index (χ1v) is 24.1. The number of sulfonamides is 1. The minimum atomic E-state index is -4.62. The first-order valence-electron chi connectivity index (χ1n) is 22.7. The van der Waals surface area contributed by atoms with E-state index in [0.29, 0.717) is 48.7 Å². The minimum absolute atomic E-state index is 0.0398. The van der Waals surface area contributed by atoms with Crippen molar-refractivity contribution in [3.63, 3.8) is 0 Å². The van der Waals surface area contributed by atoms with Crippen LogP contribution in [0.5, 0.6) is 11.5 Å². The first-order chi connectivity index (χ1) is 30.7. The van der Waals surface area contributed by atoms with Gasteiger partial charge < -0.3 is 25.0 Å². The number of carbonyl (C=O) groups excluding carboxylic acids is 1. The van der Waals surface area contributed by atoms with Gasteiger partial charge in [-0.05, 0) is 117 Å². The Balaban J connectivity index is 0.895. The number of nitrogens with one attached hydrogen (secondary N) is 3. The number of rotatable bonds is 13. The third-order valence-electron chi connectivity index (χ3n) is 14.4. The van der Waals surface area contributed by atoms with Crippen LogP contribution < -0.4 is 19.7 Å². The average molecular weight is 891 g/mol. The number of nitro groups is 1. The summed E-state index contributed by atoms with van der Waals surface area (Å²) in [5.74, 6) is 0.694. The first kappa shape index (κ1) is 43.7. The zero-order chi connectivity index (χ0) is 44.8. The standard InChI is InChI=1S/C48H58N8O7S/c1-31(2)37-7-4-5-8-38(37)39-9-6-10-41(39)55-29-48(30-55)18-21-54(22-19-48)34-11-12-40(43(24-34)63-35-23-33-15-20-49-44(33)51-27-35)46(57)53-64(61,62)36-25-42(56(59)60)45(52-28-36)50-26-32-13-16-47(3,58)17-14-32/h4-5,7-8,11-12,15,20,23-25,27-28,31-32,39,41,58H,6,9-10,13-14,16-19,21-22,26,29-30H2,1-3H3,(H,49,51)(H,50,52)(H,53,57)/t32?,39-,41-,47?/m1/s1. The third kappa shape index (κ3) is 9.04. The monoisotopic (exact) mass is 890 g/mol. The highest BCUT2D eigenvalue weighted by molar-refractivity contribution is 7.90. The van der Waals surface area contributed by atoms with E-state index in [1.165, 1.54) is 36.6 Å². The number of pyridine rings is 2. The maximum atomic E-state index is 14.0. The number of nitrogens with zero attached hydrogens (tertiary/aromatic N) is 5. The molecule has 2 atom stereocenters. The van der Waals surface area contributed by atoms with Crippen molar-refractivity contribution in [1.29, 1.82) is 0 Å². The summed E-state index contributed by atoms with van der Waals surface area (Å²) in [6, 6.07) is 19.2. The Bertz CT molecular complexity index is 2640. The Morgan fingerprint density at radius 3 is 2.52 bits per heavy atom. The number of aromatic nitrogens is 3. The van der Waals surface area contributed by atoms with Gasteiger partial charge in [-0.1, -0.05) is 44.5 Å². The molecular formula is C48H58N8O7S. The molecule has 0 unspecified atom stereocenters. The molecule has 9 rings (SSSR count). The van der Waals surface area contributed by atoms with Gasteiger partial charge in [-0.3, -0.25) is 19.8 Å². The molecule has 0 bridgehead atoms. The summed E-state index contributed by atoms with van der Waals surface area (Å²) in [5.41, 5.74) is 3.48. The number of amides is 1. The summed E-state index contributed by atoms with van der Waals surface area (Å²) >= 11 is 0. The van der Waals surface area contributed by atoms with E-state index in [0.717, 1.165) is 75.2 Å². The van der Waals surface area contributed by atoms with Gasteiger partial charge in [0.2, 0.25) is 5.82 Å². The van der Waals surface area contributed by atoms with E-state index in [1.54, 1.807) is 31.3 Å². The zero-order valence-electron chi connectivity index (χ0n) is 36.8. The molecule has 2 aromatic carbocycles. The fraction of sp³-hybridized carbons (Fsp3) is 0.479. The Labute approximate surface area is 374 Å². The molecule has 16 heteroatoms. The lowest BCUT2D eigenvalue weighted by Crippen LogP contribution is -2.63. The SMILES string of the molecule is CC(C)c1ccccc1[C@H]1CCC[C@H]1N1CC2(CCN(c3ccc(C(=O)NS(=O)(=O)c4cnc(NCC5CCC(C)(O)CC5)c([N+](=O)[O-])c4)c(Oc4cnc5[nH]ccc5c4)c3)CC2)C1. The van der Waals surface area contributed by atoms with Crippen LogP contribution in [0, 0.1) is 21.4 Å². The summed E-state index contributed by atoms with van der Waals surface area (Å²) in [6.07, 6.45) is 12.8. The molecule has 64 heavy (non-hydrogen) atoms. The largest absolute Gasteiger partial charge is 0.455 e. The number of ether oxygens (including phenoxy) is 1. The summed E-state index contributed by atoms with van der Waals surface area (Å²) in [5, 5.41) is 26.2. The predicted molar refractivity (Wildman–Crippen MR) is 246 cm³/mol. The lowest BCUT2D eigenvalue weighted by molar-refractivity contribution is -0.384. The van der Waals surface area contributed by atoms with E-state index in [-0.39, 0.29) is 28.5 Å². The van der Waals surface area contributed by atoms with Crippen LogP contribution in [0.2, 0.25) is 0 Å². The van der Waals surface area contributed by atoms with Crippen LogP contribution in [-0.2, 0) is 10.0 Å². The van der Waals surface area contributed by atoms with Gasteiger partial charge in [-0.15, -0.1) is 0 Å². The Morgan fingerprint density at radius 2 is 1.77 bits per heavy atom. The van der Waals surface area contributed by atoms with Gasteiger partial charge >= 0.3 is 5.69 Å². The van der Waals surface area contributed by atoms with Gasteiger partial charge in [-0.2, -0.15) is 0 Å². The van der Waals surface area contributed by atoms with E-state index in [1.807, 2.05) is 12.1 Å². The molecule has 5 heterocycles. The van der Waals surface area contributed by atoms with E-state index in [4.69, 9.17) is 4.74 Å². The number of aliphatic hydroxyl groups is 1. The van der Waals surface area contributed by atoms with Gasteiger partial charge in [0.25, 0.3) is 15.9 Å². The molecule has 1 spiro atoms. The van der Waals surface area contributed by atoms with Crippen LogP contribution in [0.15, 0.2) is 84.1 Å². The molecule has 4 fully saturated rings. The summed E-state index contributed by atoms with van der Waals surface area (Å²) in [4.78, 5) is 41.5. The number of H-pyrrole nitrogens is 1. The molecule has 2 saturated heterocycles. The van der Waals surface area contributed by atoms with Gasteiger partial charge in [0, 0.05) is 68.2 Å². The molecule has 1 amide bonds. The van der Waals surface area contributed by atoms with Crippen molar-refractivity contribution in [2.24, 2.45) is 11.3 Å². The summed E-state index contributed by atoms with van der Waals surface area (Å²) in [6.45, 7) is 10.6. The molecule has 0 radical (unpaired) electrons. The Morgan fingerprint density at radius 1 is 1.00 bits per heavy atom. The lowest BCUT2D eigenvalue weighted by Gasteiger charge is -2.57. The highest BCUT2D eigenvalue weighted by Crippen LogP contribution is 2.49. The Kier molecular flexibility index (Phi) is 11.9. The second-order valence-electron chi connectivity index (χ2n) is 19.2. The highest BCUT2D eigenvalue weighted by Gasteiger charge is 2.49. The van der Waals surface area contributed by atoms with E-state index in [2.05, 4.69) is 72.9 Å². The normalized spacial score (nSPS) is 23.6. The van der Waals surface area contributed by atoms with Crippen LogP contribution in [0.1, 0.15) is 112 Å². The third-order valence-corrected chi connectivity index (χ3v) is 15.7. The van der Waals surface area contributed by atoms with Gasteiger partial charge in [0.15, 0.2) is 0 Å². The predicted octanol–water partition coefficient (Wildman–Crippen LogP) is 8.49. The maximum Gasteiger partial charge on any atom is 0.312 e. The van der Waals surface area contributed by atoms with E-state index in [9.17, 15) is 28.4 Å². The van der Waals surface area contributed by atoms with E-state index < -0.39 is 37.0 Å². The number of anilines is 2. The van der Waals surface area contributed by atoms with Crippen LogP contribution in [0.25, 0.3) is 11.0 Å². The smallest absolute Gasteiger partial charge is 0.312 e. The minimum Gasteiger partial charge on any atom is -0.455 e. The van der Waals surface area contributed by atoms with Crippen molar-refractivity contribution in [3.8, 4) is 11.5 Å². The van der Waals surface area contributed by atoms with Crippen LogP contribution >= 0.6 is 0 Å². The van der Waals surface area contributed by atoms with Crippen molar-refractivity contribution >= 4 is 44.2 Å². The number of likely N-dealkylation sites (tertiary alicyclic amines) is 1. The van der Waals surface area contributed by atoms with Crippen molar-refractivity contribution in [3.05, 3.63) is 106 Å². The molecule has 2 aliphatic carbocycles. The van der Waals surface area contributed by atoms with Crippen LogP contribution in [-0.4, -0.2) is 88.6 Å². The topological polar surface area (TPSA) is 196 Å². The van der Waals surface area contributed by atoms with Crippen molar-refractivity contribution in [2.75, 3.05) is 42.9 Å². The molecule has 338 valence electrons. The molecule has 15 nitrogen and oxygen atoms in total. The van der Waals surface area contributed by atoms with Crippen molar-refractivity contribution in [2.45, 2.75) is 107 Å². The number of benzene rings is 2. The average Bonchev–Trinajstić information content (AvgIpc) is 3.95. The molecule has 3 aromatic heterocycles. The second kappa shape index (κ2) is 17.4. The van der Waals surface area contributed by atoms with Crippen LogP contribution in [0.3, 0.4) is 0 Å². The fourth-order valence-electron chi connectivity index (χ4n) is 10.6. The zero-order valence-corrected chi connectivity index (χ0v) is 37.6. The number of hydrogen-bond donors (Lipinski definition) is 4. The molecule has 4 aliphatic rings. The molecule has 5 aromatic rings. The summed E-state index contributed by atoms with van der Waals surface area (Å²) in [7, 11) is -4.62. The molecule has 4 N–H and O–H groups in total. The summed E-state index contributed by atoms with van der Waals surface area (Å²) < 4.78 is 35.8. The number of hydrogen-bond acceptors (Lipinski definition) is 12. The maximum absolute atomic E-state index is 14.0. The van der Waals surface area contributed by atoms with Gasteiger partial charge in [0.1, 0.15) is 22.0 Å². The van der Waals surface area contributed by atoms with Gasteiger partial charge in [-0.25, -0.2) is 23.1 Å². The fourth-order valence-corrected chi connectivity index (χ4v) is 11.6. The molecule has 2 saturated carbocycles. The number of piperidine rings is 1. The Hall–Kier alpha value is -5.58.